The van der Waals surface area contributed by atoms with Crippen molar-refractivity contribution < 1.29 is 27.9 Å². The summed E-state index contributed by atoms with van der Waals surface area (Å²) in [5, 5.41) is 9.72. The van der Waals surface area contributed by atoms with Crippen LogP contribution < -0.4 is 20.3 Å². The van der Waals surface area contributed by atoms with E-state index < -0.39 is 21.8 Å². The van der Waals surface area contributed by atoms with Crippen molar-refractivity contribution >= 4 is 27.5 Å². The van der Waals surface area contributed by atoms with Gasteiger partial charge in [0.1, 0.15) is 11.5 Å². The van der Waals surface area contributed by atoms with Crippen molar-refractivity contribution in [1.29, 1.82) is 0 Å². The molecular formula is C22H21N3O6S. The number of carbonyl (C=O) groups is 2. The maximum atomic E-state index is 12.9. The Hall–Kier alpha value is -4.05. The van der Waals surface area contributed by atoms with Gasteiger partial charge in [-0.25, -0.2) is 8.42 Å². The lowest BCUT2D eigenvalue weighted by Gasteiger charge is -2.13. The number of methoxy groups -OCH3 is 1. The molecule has 0 unspecified atom stereocenters. The van der Waals surface area contributed by atoms with E-state index in [1.807, 2.05) is 0 Å². The summed E-state index contributed by atoms with van der Waals surface area (Å²) < 4.78 is 33.2. The van der Waals surface area contributed by atoms with Gasteiger partial charge in [0, 0.05) is 11.3 Å². The van der Waals surface area contributed by atoms with E-state index in [1.54, 1.807) is 43.3 Å². The second kappa shape index (κ2) is 9.40. The Morgan fingerprint density at radius 2 is 1.56 bits per heavy atom. The Kier molecular flexibility index (Phi) is 6.64. The number of ether oxygens (including phenoxy) is 1. The molecule has 0 saturated carbocycles. The van der Waals surface area contributed by atoms with Crippen molar-refractivity contribution in [1.82, 2.24) is 10.9 Å². The molecule has 4 N–H and O–H groups in total. The van der Waals surface area contributed by atoms with Crippen molar-refractivity contribution in [2.75, 3.05) is 11.8 Å². The molecule has 3 rings (SSSR count). The summed E-state index contributed by atoms with van der Waals surface area (Å²) >= 11 is 0. The van der Waals surface area contributed by atoms with Gasteiger partial charge in [-0.05, 0) is 61.0 Å². The molecule has 0 atom stereocenters. The highest BCUT2D eigenvalue weighted by Gasteiger charge is 2.20. The first-order chi connectivity index (χ1) is 15.2. The van der Waals surface area contributed by atoms with E-state index in [0.717, 1.165) is 0 Å². The van der Waals surface area contributed by atoms with E-state index in [9.17, 15) is 23.1 Å². The topological polar surface area (TPSA) is 134 Å². The van der Waals surface area contributed by atoms with Gasteiger partial charge >= 0.3 is 0 Å². The van der Waals surface area contributed by atoms with Crippen LogP contribution in [-0.2, 0) is 10.0 Å². The van der Waals surface area contributed by atoms with Gasteiger partial charge in [0.25, 0.3) is 21.8 Å². The quantitative estimate of drug-likeness (QED) is 0.422. The second-order valence-corrected chi connectivity index (χ2v) is 8.39. The molecule has 0 aliphatic carbocycles. The fourth-order valence-electron chi connectivity index (χ4n) is 2.82. The van der Waals surface area contributed by atoms with E-state index in [0.29, 0.717) is 17.0 Å². The normalized spacial score (nSPS) is 10.8. The standard InChI is InChI=1S/C22H21N3O6S/c1-14-7-8-15(21(27)23-24-22(28)18-5-3-4-6-19(18)26)13-20(14)32(29,30)25-16-9-11-17(31-2)12-10-16/h3-13,25-26H,1-2H3,(H,23,27)(H,24,28). The van der Waals surface area contributed by atoms with Crippen molar-refractivity contribution in [3.05, 3.63) is 83.4 Å². The maximum absolute atomic E-state index is 12.9. The molecule has 0 bridgehead atoms. The Balaban J connectivity index is 1.75. The Morgan fingerprint density at radius 3 is 2.22 bits per heavy atom. The van der Waals surface area contributed by atoms with Crippen LogP contribution in [0.3, 0.4) is 0 Å². The number of hydrogen-bond acceptors (Lipinski definition) is 6. The zero-order valence-electron chi connectivity index (χ0n) is 17.2. The third-order valence-corrected chi connectivity index (χ3v) is 6.04. The largest absolute Gasteiger partial charge is 0.507 e. The summed E-state index contributed by atoms with van der Waals surface area (Å²) in [5.74, 6) is -1.12. The number of benzene rings is 3. The number of aromatic hydroxyl groups is 1. The van der Waals surface area contributed by atoms with Gasteiger partial charge in [0.2, 0.25) is 0 Å². The van der Waals surface area contributed by atoms with Gasteiger partial charge in [-0.1, -0.05) is 18.2 Å². The van der Waals surface area contributed by atoms with Crippen LogP contribution in [0.1, 0.15) is 26.3 Å². The van der Waals surface area contributed by atoms with Crippen LogP contribution in [0.15, 0.2) is 71.6 Å². The third kappa shape index (κ3) is 5.16. The van der Waals surface area contributed by atoms with Crippen molar-refractivity contribution in [3.63, 3.8) is 0 Å². The number of anilines is 1. The lowest BCUT2D eigenvalue weighted by Crippen LogP contribution is -2.41. The molecule has 0 aliphatic rings. The molecule has 32 heavy (non-hydrogen) atoms. The number of hydrogen-bond donors (Lipinski definition) is 4. The monoisotopic (exact) mass is 455 g/mol. The number of para-hydroxylation sites is 1. The molecule has 0 fully saturated rings. The molecule has 0 saturated heterocycles. The predicted octanol–water partition coefficient (Wildman–Crippen LogP) is 2.58. The molecule has 0 aromatic heterocycles. The summed E-state index contributed by atoms with van der Waals surface area (Å²) in [5.41, 5.74) is 5.14. The van der Waals surface area contributed by atoms with Crippen LogP contribution in [0.5, 0.6) is 11.5 Å². The summed E-state index contributed by atoms with van der Waals surface area (Å²) in [6.07, 6.45) is 0. The van der Waals surface area contributed by atoms with Crippen LogP contribution in [-0.4, -0.2) is 32.4 Å². The fourth-order valence-corrected chi connectivity index (χ4v) is 4.15. The molecule has 3 aromatic carbocycles. The first kappa shape index (κ1) is 22.6. The molecule has 10 heteroatoms. The molecule has 0 radical (unpaired) electrons. The van der Waals surface area contributed by atoms with Gasteiger partial charge < -0.3 is 9.84 Å². The number of nitrogens with one attached hydrogen (secondary N) is 3. The first-order valence-corrected chi connectivity index (χ1v) is 10.9. The number of aryl methyl sites for hydroxylation is 1. The van der Waals surface area contributed by atoms with E-state index in [2.05, 4.69) is 15.6 Å². The van der Waals surface area contributed by atoms with E-state index in [1.165, 1.54) is 37.4 Å². The molecule has 9 nitrogen and oxygen atoms in total. The average molecular weight is 455 g/mol. The average Bonchev–Trinajstić information content (AvgIpc) is 2.78. The maximum Gasteiger partial charge on any atom is 0.273 e. The number of hydrazine groups is 1. The summed E-state index contributed by atoms with van der Waals surface area (Å²) in [6, 6.07) is 16.3. The van der Waals surface area contributed by atoms with Gasteiger partial charge in [0.15, 0.2) is 0 Å². The zero-order valence-corrected chi connectivity index (χ0v) is 18.1. The first-order valence-electron chi connectivity index (χ1n) is 9.37. The predicted molar refractivity (Wildman–Crippen MR) is 118 cm³/mol. The Bertz CT molecular complexity index is 1260. The Morgan fingerprint density at radius 1 is 0.906 bits per heavy atom. The van der Waals surface area contributed by atoms with Gasteiger partial charge in [-0.15, -0.1) is 0 Å². The van der Waals surface area contributed by atoms with Gasteiger partial charge in [-0.2, -0.15) is 0 Å². The van der Waals surface area contributed by atoms with Crippen molar-refractivity contribution in [3.8, 4) is 11.5 Å². The van der Waals surface area contributed by atoms with Crippen molar-refractivity contribution in [2.24, 2.45) is 0 Å². The van der Waals surface area contributed by atoms with Crippen molar-refractivity contribution in [2.45, 2.75) is 11.8 Å². The number of amides is 2. The minimum Gasteiger partial charge on any atom is -0.507 e. The molecule has 0 spiro atoms. The molecule has 0 heterocycles. The molecule has 166 valence electrons. The van der Waals surface area contributed by atoms with Crippen LogP contribution in [0, 0.1) is 6.92 Å². The van der Waals surface area contributed by atoms with E-state index in [4.69, 9.17) is 4.74 Å². The number of sulfonamides is 1. The number of rotatable bonds is 6. The third-order valence-electron chi connectivity index (χ3n) is 4.52. The van der Waals surface area contributed by atoms with Crippen LogP contribution in [0.4, 0.5) is 5.69 Å². The van der Waals surface area contributed by atoms with Crippen LogP contribution in [0.2, 0.25) is 0 Å². The smallest absolute Gasteiger partial charge is 0.273 e. The highest BCUT2D eigenvalue weighted by Crippen LogP contribution is 2.22. The number of phenolic OH excluding ortho intramolecular Hbond substituents is 1. The van der Waals surface area contributed by atoms with Gasteiger partial charge in [-0.3, -0.25) is 25.2 Å². The number of phenols is 1. The van der Waals surface area contributed by atoms with E-state index >= 15 is 0 Å². The zero-order chi connectivity index (χ0) is 23.3. The van der Waals surface area contributed by atoms with Gasteiger partial charge in [0.05, 0.1) is 17.6 Å². The Labute approximate surface area is 185 Å². The van der Waals surface area contributed by atoms with Crippen LogP contribution in [0.25, 0.3) is 0 Å². The van der Waals surface area contributed by atoms with Crippen LogP contribution >= 0.6 is 0 Å². The highest BCUT2D eigenvalue weighted by molar-refractivity contribution is 7.92. The minimum atomic E-state index is -3.99. The summed E-state index contributed by atoms with van der Waals surface area (Å²) in [6.45, 7) is 1.60. The molecule has 2 amide bonds. The molecule has 3 aromatic rings. The summed E-state index contributed by atoms with van der Waals surface area (Å²) in [4.78, 5) is 24.5. The summed E-state index contributed by atoms with van der Waals surface area (Å²) in [7, 11) is -2.49. The molecular weight excluding hydrogens is 434 g/mol. The molecule has 0 aliphatic heterocycles. The van der Waals surface area contributed by atoms with E-state index in [-0.39, 0.29) is 21.8 Å². The number of carbonyl (C=O) groups excluding carboxylic acids is 2. The fraction of sp³-hybridized carbons (Fsp3) is 0.0909. The lowest BCUT2D eigenvalue weighted by molar-refractivity contribution is 0.0845. The SMILES string of the molecule is COc1ccc(NS(=O)(=O)c2cc(C(=O)NNC(=O)c3ccccc3O)ccc2C)cc1. The highest BCUT2D eigenvalue weighted by atomic mass is 32.2. The lowest BCUT2D eigenvalue weighted by atomic mass is 10.1. The minimum absolute atomic E-state index is 0.0169. The second-order valence-electron chi connectivity index (χ2n) is 6.74.